The van der Waals surface area contributed by atoms with Crippen LogP contribution in [0.4, 0.5) is 10.1 Å². The molecule has 0 aliphatic carbocycles. The number of hydrogen-bond acceptors (Lipinski definition) is 5. The number of para-hydroxylation sites is 1. The second kappa shape index (κ2) is 9.20. The molecule has 1 atom stereocenters. The van der Waals surface area contributed by atoms with Crippen LogP contribution in [0.3, 0.4) is 0 Å². The number of aromatic nitrogens is 3. The van der Waals surface area contributed by atoms with Crippen LogP contribution in [0.15, 0.2) is 58.2 Å². The van der Waals surface area contributed by atoms with Crippen molar-refractivity contribution in [1.82, 2.24) is 14.8 Å². The van der Waals surface area contributed by atoms with Gasteiger partial charge in [0.1, 0.15) is 11.6 Å². The average Bonchev–Trinajstić information content (AvgIpc) is 3.04. The lowest BCUT2D eigenvalue weighted by molar-refractivity contribution is -0.113. The van der Waals surface area contributed by atoms with Crippen molar-refractivity contribution < 1.29 is 13.9 Å². The Hall–Kier alpha value is -2.39. The van der Waals surface area contributed by atoms with Gasteiger partial charge in [-0.15, -0.1) is 10.2 Å². The number of benzene rings is 2. The molecule has 1 N–H and O–H groups in total. The summed E-state index contributed by atoms with van der Waals surface area (Å²) in [5.41, 5.74) is 0.136. The lowest BCUT2D eigenvalue weighted by Gasteiger charge is -2.14. The molecule has 3 rings (SSSR count). The van der Waals surface area contributed by atoms with Crippen LogP contribution in [-0.2, 0) is 11.8 Å². The zero-order chi connectivity index (χ0) is 20.1. The number of amides is 1. The van der Waals surface area contributed by atoms with Crippen molar-refractivity contribution in [3.05, 3.63) is 64.6 Å². The van der Waals surface area contributed by atoms with E-state index in [0.717, 1.165) is 5.75 Å². The number of nitrogens with zero attached hydrogens (tertiary/aromatic N) is 3. The summed E-state index contributed by atoms with van der Waals surface area (Å²) in [5.74, 6) is 0.633. The summed E-state index contributed by atoms with van der Waals surface area (Å²) in [4.78, 5) is 12.1. The molecule has 0 saturated carbocycles. The van der Waals surface area contributed by atoms with E-state index in [2.05, 4.69) is 31.4 Å². The predicted octanol–water partition coefficient (Wildman–Crippen LogP) is 4.59. The normalized spacial score (nSPS) is 11.9. The topological polar surface area (TPSA) is 69.0 Å². The molecule has 0 spiro atoms. The highest BCUT2D eigenvalue weighted by Crippen LogP contribution is 2.24. The number of thioether (sulfide) groups is 1. The maximum Gasteiger partial charge on any atom is 0.234 e. The molecule has 1 heterocycles. The largest absolute Gasteiger partial charge is 0.483 e. The van der Waals surface area contributed by atoms with Gasteiger partial charge in [0.2, 0.25) is 5.91 Å². The van der Waals surface area contributed by atoms with Crippen LogP contribution in [0.5, 0.6) is 5.75 Å². The summed E-state index contributed by atoms with van der Waals surface area (Å²) in [7, 11) is 1.81. The number of carbonyl (C=O) groups is 1. The van der Waals surface area contributed by atoms with Gasteiger partial charge < -0.3 is 14.6 Å². The van der Waals surface area contributed by atoms with Gasteiger partial charge in [-0.2, -0.15) is 0 Å². The van der Waals surface area contributed by atoms with Gasteiger partial charge in [0, 0.05) is 11.5 Å². The van der Waals surface area contributed by atoms with Crippen LogP contribution in [-0.4, -0.2) is 26.4 Å². The van der Waals surface area contributed by atoms with Crippen LogP contribution in [0.25, 0.3) is 0 Å². The van der Waals surface area contributed by atoms with Gasteiger partial charge in [-0.05, 0) is 37.3 Å². The Morgan fingerprint density at radius 2 is 2.04 bits per heavy atom. The first kappa shape index (κ1) is 20.3. The van der Waals surface area contributed by atoms with Crippen molar-refractivity contribution in [2.24, 2.45) is 7.05 Å². The Bertz CT molecular complexity index is 968. The molecule has 1 aromatic heterocycles. The molecule has 0 bridgehead atoms. The molecule has 1 amide bonds. The van der Waals surface area contributed by atoms with Crippen LogP contribution >= 0.6 is 27.7 Å². The van der Waals surface area contributed by atoms with Gasteiger partial charge in [0.15, 0.2) is 17.1 Å². The van der Waals surface area contributed by atoms with Crippen molar-refractivity contribution in [3.63, 3.8) is 0 Å². The van der Waals surface area contributed by atoms with E-state index in [0.29, 0.717) is 15.5 Å². The Labute approximate surface area is 174 Å². The van der Waals surface area contributed by atoms with E-state index in [-0.39, 0.29) is 23.5 Å². The smallest absolute Gasteiger partial charge is 0.234 e. The molecular formula is C19H18BrFN4O2S. The number of ether oxygens (including phenoxy) is 1. The SMILES string of the molecule is CC(Oc1ccccc1)c1nnc(SCC(=O)Nc2ccc(Br)cc2F)n1C. The third-order valence-corrected chi connectivity index (χ3v) is 5.34. The standard InChI is InChI=1S/C19H18BrFN4O2S/c1-12(27-14-6-4-3-5-7-14)18-23-24-19(25(18)2)28-11-17(26)22-16-9-8-13(20)10-15(16)21/h3-10,12H,11H2,1-2H3,(H,22,26). The van der Waals surface area contributed by atoms with Gasteiger partial charge in [-0.25, -0.2) is 4.39 Å². The highest BCUT2D eigenvalue weighted by atomic mass is 79.9. The minimum Gasteiger partial charge on any atom is -0.483 e. The summed E-state index contributed by atoms with van der Waals surface area (Å²) < 4.78 is 22.1. The molecule has 9 heteroatoms. The molecule has 0 fully saturated rings. The molecule has 0 saturated heterocycles. The molecule has 0 aliphatic heterocycles. The molecule has 1 unspecified atom stereocenters. The molecule has 3 aromatic rings. The van der Waals surface area contributed by atoms with Crippen molar-refractivity contribution in [3.8, 4) is 5.75 Å². The van der Waals surface area contributed by atoms with Crippen molar-refractivity contribution in [2.75, 3.05) is 11.1 Å². The number of rotatable bonds is 7. The fraction of sp³-hybridized carbons (Fsp3) is 0.211. The first-order valence-corrected chi connectivity index (χ1v) is 10.2. The monoisotopic (exact) mass is 464 g/mol. The van der Waals surface area contributed by atoms with E-state index >= 15 is 0 Å². The summed E-state index contributed by atoms with van der Waals surface area (Å²) in [6.07, 6.45) is -0.306. The van der Waals surface area contributed by atoms with Crippen molar-refractivity contribution in [1.29, 1.82) is 0 Å². The van der Waals surface area contributed by atoms with Crippen molar-refractivity contribution >= 4 is 39.3 Å². The number of anilines is 1. The van der Waals surface area contributed by atoms with E-state index in [4.69, 9.17) is 4.74 Å². The quantitative estimate of drug-likeness (QED) is 0.517. The molecule has 146 valence electrons. The summed E-state index contributed by atoms with van der Waals surface area (Å²) in [6.45, 7) is 1.88. The maximum absolute atomic E-state index is 13.8. The molecule has 28 heavy (non-hydrogen) atoms. The molecule has 2 aromatic carbocycles. The maximum atomic E-state index is 13.8. The van der Waals surface area contributed by atoms with Gasteiger partial charge in [-0.3, -0.25) is 4.79 Å². The third-order valence-electron chi connectivity index (χ3n) is 3.83. The zero-order valence-corrected chi connectivity index (χ0v) is 17.6. The molecule has 6 nitrogen and oxygen atoms in total. The number of halogens is 2. The van der Waals surface area contributed by atoms with E-state index in [9.17, 15) is 9.18 Å². The Balaban J connectivity index is 1.58. The fourth-order valence-electron chi connectivity index (χ4n) is 2.47. The minimum atomic E-state index is -0.499. The molecule has 0 radical (unpaired) electrons. The third kappa shape index (κ3) is 5.11. The van der Waals surface area contributed by atoms with Crippen molar-refractivity contribution in [2.45, 2.75) is 18.2 Å². The zero-order valence-electron chi connectivity index (χ0n) is 15.2. The second-order valence-electron chi connectivity index (χ2n) is 5.93. The number of carbonyl (C=O) groups excluding carboxylic acids is 1. The molecular weight excluding hydrogens is 447 g/mol. The van der Waals surface area contributed by atoms with E-state index in [1.807, 2.05) is 44.3 Å². The fourth-order valence-corrected chi connectivity index (χ4v) is 3.52. The highest BCUT2D eigenvalue weighted by Gasteiger charge is 2.18. The van der Waals surface area contributed by atoms with Gasteiger partial charge in [0.05, 0.1) is 11.4 Å². The Morgan fingerprint density at radius 1 is 1.29 bits per heavy atom. The predicted molar refractivity (Wildman–Crippen MR) is 110 cm³/mol. The molecule has 0 aliphatic rings. The minimum absolute atomic E-state index is 0.0788. The van der Waals surface area contributed by atoms with Crippen LogP contribution in [0, 0.1) is 5.82 Å². The lowest BCUT2D eigenvalue weighted by Crippen LogP contribution is -2.15. The van der Waals surface area contributed by atoms with Crippen LogP contribution in [0.2, 0.25) is 0 Å². The van der Waals surface area contributed by atoms with Gasteiger partial charge in [-0.1, -0.05) is 45.9 Å². The van der Waals surface area contributed by atoms with Crippen LogP contribution < -0.4 is 10.1 Å². The highest BCUT2D eigenvalue weighted by molar-refractivity contribution is 9.10. The van der Waals surface area contributed by atoms with Gasteiger partial charge >= 0.3 is 0 Å². The van der Waals surface area contributed by atoms with Crippen LogP contribution in [0.1, 0.15) is 18.9 Å². The van der Waals surface area contributed by atoms with E-state index in [1.54, 1.807) is 10.6 Å². The van der Waals surface area contributed by atoms with Gasteiger partial charge in [0.25, 0.3) is 0 Å². The van der Waals surface area contributed by atoms with E-state index in [1.165, 1.54) is 23.9 Å². The Kier molecular flexibility index (Phi) is 6.69. The first-order chi connectivity index (χ1) is 13.4. The first-order valence-electron chi connectivity index (χ1n) is 8.42. The summed E-state index contributed by atoms with van der Waals surface area (Å²) in [6, 6.07) is 13.9. The number of nitrogens with one attached hydrogen (secondary N) is 1. The summed E-state index contributed by atoms with van der Waals surface area (Å²) >= 11 is 4.40. The van der Waals surface area contributed by atoms with E-state index < -0.39 is 5.82 Å². The lowest BCUT2D eigenvalue weighted by atomic mass is 10.3. The average molecular weight is 465 g/mol. The second-order valence-corrected chi connectivity index (χ2v) is 7.79. The Morgan fingerprint density at radius 3 is 2.75 bits per heavy atom. The number of hydrogen-bond donors (Lipinski definition) is 1. The summed E-state index contributed by atoms with van der Waals surface area (Å²) in [5, 5.41) is 11.4.